The molecule has 2 N–H and O–H groups in total. The van der Waals surface area contributed by atoms with Crippen LogP contribution in [0.3, 0.4) is 0 Å². The van der Waals surface area contributed by atoms with E-state index in [0.29, 0.717) is 34.1 Å². The van der Waals surface area contributed by atoms with Gasteiger partial charge in [-0.1, -0.05) is 29.8 Å². The van der Waals surface area contributed by atoms with E-state index in [4.69, 9.17) is 11.6 Å². The number of phenolic OH excluding ortho intramolecular Hbond substituents is 1. The molecule has 4 aromatic rings. The van der Waals surface area contributed by atoms with E-state index in [0.717, 1.165) is 16.7 Å². The van der Waals surface area contributed by atoms with Crippen LogP contribution in [0.5, 0.6) is 5.75 Å². The van der Waals surface area contributed by atoms with Crippen molar-refractivity contribution in [3.63, 3.8) is 0 Å². The third-order valence-corrected chi connectivity index (χ3v) is 6.06. The Balaban J connectivity index is 1.68. The third-order valence-electron chi connectivity index (χ3n) is 5.66. The summed E-state index contributed by atoms with van der Waals surface area (Å²) in [6, 6.07) is 12.4. The monoisotopic (exact) mass is 448 g/mol. The number of hydrogen-bond acceptors (Lipinski definition) is 4. The van der Waals surface area contributed by atoms with Crippen molar-refractivity contribution in [1.82, 2.24) is 20.1 Å². The number of pyridine rings is 1. The Hall–Kier alpha value is -3.71. The van der Waals surface area contributed by atoms with Gasteiger partial charge in [0, 0.05) is 35.1 Å². The number of halogens is 2. The van der Waals surface area contributed by atoms with E-state index in [-0.39, 0.29) is 17.5 Å². The van der Waals surface area contributed by atoms with E-state index in [1.54, 1.807) is 54.5 Å². The average Bonchev–Trinajstić information content (AvgIpc) is 3.32. The highest BCUT2D eigenvalue weighted by Crippen LogP contribution is 2.45. The number of aryl methyl sites for hydroxylation is 1. The van der Waals surface area contributed by atoms with Gasteiger partial charge in [-0.2, -0.15) is 5.10 Å². The van der Waals surface area contributed by atoms with Crippen molar-refractivity contribution in [3.8, 4) is 17.0 Å². The molecule has 0 saturated carbocycles. The predicted molar refractivity (Wildman–Crippen MR) is 118 cm³/mol. The van der Waals surface area contributed by atoms with Gasteiger partial charge >= 0.3 is 0 Å². The Morgan fingerprint density at radius 3 is 2.72 bits per heavy atom. The van der Waals surface area contributed by atoms with Crippen LogP contribution in [0.25, 0.3) is 11.3 Å². The molecule has 0 bridgehead atoms. The summed E-state index contributed by atoms with van der Waals surface area (Å²) >= 11 is 6.31. The van der Waals surface area contributed by atoms with Gasteiger partial charge in [-0.3, -0.25) is 14.9 Å². The summed E-state index contributed by atoms with van der Waals surface area (Å²) in [4.78, 5) is 19.2. The fourth-order valence-corrected chi connectivity index (χ4v) is 4.26. The maximum Gasteiger partial charge on any atom is 0.273 e. The van der Waals surface area contributed by atoms with Gasteiger partial charge in [-0.15, -0.1) is 0 Å². The molecule has 0 saturated heterocycles. The number of H-pyrrole nitrogens is 1. The predicted octanol–water partition coefficient (Wildman–Crippen LogP) is 5.02. The zero-order chi connectivity index (χ0) is 22.4. The van der Waals surface area contributed by atoms with Crippen LogP contribution < -0.4 is 0 Å². The summed E-state index contributed by atoms with van der Waals surface area (Å²) in [5.74, 6) is -0.598. The molecule has 8 heteroatoms. The van der Waals surface area contributed by atoms with Crippen molar-refractivity contribution in [2.24, 2.45) is 0 Å². The second kappa shape index (κ2) is 7.76. The molecule has 5 rings (SSSR count). The van der Waals surface area contributed by atoms with E-state index in [1.165, 1.54) is 12.1 Å². The number of carbonyl (C=O) groups excluding carboxylic acids is 1. The van der Waals surface area contributed by atoms with Gasteiger partial charge in [0.15, 0.2) is 0 Å². The maximum absolute atomic E-state index is 13.7. The lowest BCUT2D eigenvalue weighted by Crippen LogP contribution is -2.29. The van der Waals surface area contributed by atoms with Crippen molar-refractivity contribution in [2.45, 2.75) is 19.5 Å². The standard InChI is InChI=1S/C24H18ClFN4O2/c1-13-9-19(31)17(10-18(13)25)21-20-22(29-28-21)24(32)30(12-14-3-2-8-27-11-14)23(20)15-4-6-16(26)7-5-15/h2-11,23,31H,12H2,1H3,(H,28,29). The molecule has 0 spiro atoms. The summed E-state index contributed by atoms with van der Waals surface area (Å²) in [6.07, 6.45) is 3.37. The first kappa shape index (κ1) is 20.2. The van der Waals surface area contributed by atoms with Gasteiger partial charge in [0.1, 0.15) is 23.0 Å². The van der Waals surface area contributed by atoms with Crippen molar-refractivity contribution in [2.75, 3.05) is 0 Å². The molecule has 1 amide bonds. The smallest absolute Gasteiger partial charge is 0.273 e. The molecular formula is C24H18ClFN4O2. The zero-order valence-corrected chi connectivity index (χ0v) is 17.8. The maximum atomic E-state index is 13.7. The number of aromatic hydroxyl groups is 1. The lowest BCUT2D eigenvalue weighted by molar-refractivity contribution is 0.0730. The number of nitrogens with zero attached hydrogens (tertiary/aromatic N) is 3. The molecule has 3 heterocycles. The van der Waals surface area contributed by atoms with Gasteiger partial charge in [0.25, 0.3) is 5.91 Å². The largest absolute Gasteiger partial charge is 0.507 e. The molecular weight excluding hydrogens is 431 g/mol. The first-order valence-corrected chi connectivity index (χ1v) is 10.3. The topological polar surface area (TPSA) is 82.1 Å². The van der Waals surface area contributed by atoms with Gasteiger partial charge < -0.3 is 10.0 Å². The molecule has 1 aliphatic heterocycles. The van der Waals surface area contributed by atoms with Crippen LogP contribution in [0, 0.1) is 12.7 Å². The quantitative estimate of drug-likeness (QED) is 0.459. The number of hydrogen-bond donors (Lipinski definition) is 2. The number of amides is 1. The SMILES string of the molecule is Cc1cc(O)c(-c2n[nH]c3c2C(c2ccc(F)cc2)N(Cc2cccnc2)C3=O)cc1Cl. The number of aromatic nitrogens is 3. The van der Waals surface area contributed by atoms with Crippen molar-refractivity contribution < 1.29 is 14.3 Å². The molecule has 1 unspecified atom stereocenters. The number of rotatable bonds is 4. The number of phenols is 1. The lowest BCUT2D eigenvalue weighted by Gasteiger charge is -2.26. The second-order valence-electron chi connectivity index (χ2n) is 7.73. The number of aromatic amines is 1. The second-order valence-corrected chi connectivity index (χ2v) is 8.14. The first-order chi connectivity index (χ1) is 15.4. The summed E-state index contributed by atoms with van der Waals surface area (Å²) in [5, 5.41) is 18.3. The van der Waals surface area contributed by atoms with Crippen LogP contribution in [0.15, 0.2) is 60.9 Å². The van der Waals surface area contributed by atoms with Crippen molar-refractivity contribution >= 4 is 17.5 Å². The Morgan fingerprint density at radius 1 is 1.22 bits per heavy atom. The molecule has 0 fully saturated rings. The highest BCUT2D eigenvalue weighted by atomic mass is 35.5. The van der Waals surface area contributed by atoms with E-state index < -0.39 is 6.04 Å². The van der Waals surface area contributed by atoms with Gasteiger partial charge in [0.05, 0.1) is 6.04 Å². The summed E-state index contributed by atoms with van der Waals surface area (Å²) in [5.41, 5.74) is 4.09. The molecule has 1 atom stereocenters. The van der Waals surface area contributed by atoms with Crippen LogP contribution in [-0.4, -0.2) is 31.1 Å². The van der Waals surface area contributed by atoms with Crippen LogP contribution in [0.2, 0.25) is 5.02 Å². The van der Waals surface area contributed by atoms with Crippen LogP contribution in [-0.2, 0) is 6.54 Å². The molecule has 2 aromatic carbocycles. The van der Waals surface area contributed by atoms with E-state index in [1.807, 2.05) is 6.07 Å². The van der Waals surface area contributed by atoms with E-state index in [2.05, 4.69) is 15.2 Å². The van der Waals surface area contributed by atoms with Gasteiger partial charge in [-0.25, -0.2) is 4.39 Å². The molecule has 160 valence electrons. The van der Waals surface area contributed by atoms with Crippen LogP contribution >= 0.6 is 11.6 Å². The minimum Gasteiger partial charge on any atom is -0.507 e. The third kappa shape index (κ3) is 3.31. The Kier molecular flexibility index (Phi) is 4.90. The van der Waals surface area contributed by atoms with E-state index >= 15 is 0 Å². The minimum absolute atomic E-state index is 0.0113. The molecule has 32 heavy (non-hydrogen) atoms. The van der Waals surface area contributed by atoms with Crippen LogP contribution in [0.4, 0.5) is 4.39 Å². The molecule has 6 nitrogen and oxygen atoms in total. The normalized spacial score (nSPS) is 15.3. The molecule has 2 aromatic heterocycles. The fraction of sp³-hybridized carbons (Fsp3) is 0.125. The Labute approximate surface area is 188 Å². The number of nitrogens with one attached hydrogen (secondary N) is 1. The summed E-state index contributed by atoms with van der Waals surface area (Å²) < 4.78 is 13.7. The van der Waals surface area contributed by atoms with Crippen molar-refractivity contribution in [1.29, 1.82) is 0 Å². The lowest BCUT2D eigenvalue weighted by atomic mass is 9.95. The average molecular weight is 449 g/mol. The summed E-state index contributed by atoms with van der Waals surface area (Å²) in [7, 11) is 0. The Morgan fingerprint density at radius 2 is 2.00 bits per heavy atom. The van der Waals surface area contributed by atoms with Gasteiger partial charge in [0.2, 0.25) is 0 Å². The fourth-order valence-electron chi connectivity index (χ4n) is 4.10. The first-order valence-electron chi connectivity index (χ1n) is 9.97. The number of fused-ring (bicyclic) bond motifs is 1. The van der Waals surface area contributed by atoms with Gasteiger partial charge in [-0.05, 0) is 53.9 Å². The Bertz CT molecular complexity index is 1320. The van der Waals surface area contributed by atoms with Crippen molar-refractivity contribution in [3.05, 3.63) is 99.7 Å². The highest BCUT2D eigenvalue weighted by molar-refractivity contribution is 6.31. The highest BCUT2D eigenvalue weighted by Gasteiger charge is 2.42. The number of benzene rings is 2. The van der Waals surface area contributed by atoms with Crippen LogP contribution in [0.1, 0.15) is 38.8 Å². The molecule has 0 radical (unpaired) electrons. The number of carbonyl (C=O) groups is 1. The summed E-state index contributed by atoms with van der Waals surface area (Å²) in [6.45, 7) is 2.10. The van der Waals surface area contributed by atoms with E-state index in [9.17, 15) is 14.3 Å². The molecule has 0 aliphatic carbocycles. The minimum atomic E-state index is -0.536. The molecule has 1 aliphatic rings. The zero-order valence-electron chi connectivity index (χ0n) is 17.0.